The molecule has 5 heteroatoms. The van der Waals surface area contributed by atoms with E-state index in [-0.39, 0.29) is 17.7 Å². The van der Waals surface area contributed by atoms with Crippen LogP contribution < -0.4 is 11.1 Å². The molecule has 1 aromatic carbocycles. The Bertz CT molecular complexity index is 434. The summed E-state index contributed by atoms with van der Waals surface area (Å²) in [4.78, 5) is 11.1. The van der Waals surface area contributed by atoms with Gasteiger partial charge in [-0.15, -0.1) is 0 Å². The Morgan fingerprint density at radius 1 is 1.59 bits per heavy atom. The molecule has 4 N–H and O–H groups in total. The Balaban J connectivity index is 2.24. The molecule has 2 unspecified atom stereocenters. The van der Waals surface area contributed by atoms with E-state index in [0.717, 1.165) is 6.42 Å². The van der Waals surface area contributed by atoms with Crippen molar-refractivity contribution in [3.8, 4) is 0 Å². The van der Waals surface area contributed by atoms with E-state index in [9.17, 15) is 4.79 Å². The second kappa shape index (κ2) is 4.63. The monoisotopic (exact) mass is 236 g/mol. The van der Waals surface area contributed by atoms with Gasteiger partial charge in [0.2, 0.25) is 0 Å². The Morgan fingerprint density at radius 3 is 2.94 bits per heavy atom. The maximum absolute atomic E-state index is 11.1. The molecule has 0 spiro atoms. The van der Waals surface area contributed by atoms with Crippen molar-refractivity contribution < 1.29 is 14.6 Å². The van der Waals surface area contributed by atoms with E-state index in [1.807, 2.05) is 6.92 Å². The Kier molecular flexibility index (Phi) is 3.19. The zero-order valence-corrected chi connectivity index (χ0v) is 9.64. The third kappa shape index (κ3) is 2.50. The number of nitrogens with one attached hydrogen (secondary N) is 1. The molecule has 0 aliphatic carbocycles. The van der Waals surface area contributed by atoms with Gasteiger partial charge >= 0.3 is 5.97 Å². The average Bonchev–Trinajstić information content (AvgIpc) is 2.64. The molecule has 1 saturated heterocycles. The highest BCUT2D eigenvalue weighted by atomic mass is 16.5. The summed E-state index contributed by atoms with van der Waals surface area (Å²) in [6.45, 7) is 2.67. The molecular formula is C12H16N2O3. The summed E-state index contributed by atoms with van der Waals surface area (Å²) in [7, 11) is 0. The second-order valence-corrected chi connectivity index (χ2v) is 4.23. The van der Waals surface area contributed by atoms with Crippen LogP contribution in [0.25, 0.3) is 0 Å². The predicted molar refractivity (Wildman–Crippen MR) is 65.3 cm³/mol. The molecule has 1 aliphatic rings. The van der Waals surface area contributed by atoms with Crippen molar-refractivity contribution in [3.05, 3.63) is 23.8 Å². The molecule has 0 bridgehead atoms. The van der Waals surface area contributed by atoms with Gasteiger partial charge in [0.05, 0.1) is 23.4 Å². The van der Waals surface area contributed by atoms with Gasteiger partial charge in [0.25, 0.3) is 0 Å². The quantitative estimate of drug-likeness (QED) is 0.693. The molecule has 2 rings (SSSR count). The van der Waals surface area contributed by atoms with Crippen LogP contribution in [0.15, 0.2) is 18.2 Å². The highest BCUT2D eigenvalue weighted by Crippen LogP contribution is 2.24. The van der Waals surface area contributed by atoms with Gasteiger partial charge in [-0.25, -0.2) is 4.79 Å². The normalized spacial score (nSPS) is 23.6. The number of anilines is 2. The van der Waals surface area contributed by atoms with Gasteiger partial charge in [-0.3, -0.25) is 0 Å². The van der Waals surface area contributed by atoms with Crippen LogP contribution in [-0.2, 0) is 4.74 Å². The van der Waals surface area contributed by atoms with Gasteiger partial charge in [0.1, 0.15) is 0 Å². The fourth-order valence-corrected chi connectivity index (χ4v) is 1.99. The zero-order valence-electron chi connectivity index (χ0n) is 9.64. The molecule has 1 aliphatic heterocycles. The zero-order chi connectivity index (χ0) is 12.4. The number of nitrogen functional groups attached to an aromatic ring is 1. The predicted octanol–water partition coefficient (Wildman–Crippen LogP) is 1.56. The van der Waals surface area contributed by atoms with E-state index in [1.54, 1.807) is 12.1 Å². The fraction of sp³-hybridized carbons (Fsp3) is 0.417. The Hall–Kier alpha value is -1.75. The maximum Gasteiger partial charge on any atom is 0.337 e. The molecule has 1 aromatic rings. The van der Waals surface area contributed by atoms with Crippen molar-refractivity contribution >= 4 is 17.3 Å². The smallest absolute Gasteiger partial charge is 0.337 e. The lowest BCUT2D eigenvalue weighted by atomic mass is 10.1. The number of carbonyl (C=O) groups is 1. The summed E-state index contributed by atoms with van der Waals surface area (Å²) in [6.07, 6.45) is 0.952. The molecule has 5 nitrogen and oxygen atoms in total. The van der Waals surface area contributed by atoms with Crippen LogP contribution in [0.2, 0.25) is 0 Å². The van der Waals surface area contributed by atoms with E-state index in [0.29, 0.717) is 18.0 Å². The molecule has 2 atom stereocenters. The summed E-state index contributed by atoms with van der Waals surface area (Å²) < 4.78 is 5.43. The SMILES string of the molecule is CC1OCCC1Nc1cc(N)ccc1C(=O)O. The topological polar surface area (TPSA) is 84.6 Å². The third-order valence-electron chi connectivity index (χ3n) is 2.99. The molecule has 92 valence electrons. The maximum atomic E-state index is 11.1. The van der Waals surface area contributed by atoms with Crippen LogP contribution in [-0.4, -0.2) is 29.8 Å². The summed E-state index contributed by atoms with van der Waals surface area (Å²) in [5.41, 5.74) is 7.01. The average molecular weight is 236 g/mol. The number of carboxylic acids is 1. The standard InChI is InChI=1S/C12H16N2O3/c1-7-10(4-5-17-7)14-11-6-8(13)2-3-9(11)12(15)16/h2-3,6-7,10,14H,4-5,13H2,1H3,(H,15,16). The van der Waals surface area contributed by atoms with Crippen LogP contribution in [0.4, 0.5) is 11.4 Å². The van der Waals surface area contributed by atoms with Crippen LogP contribution in [0.5, 0.6) is 0 Å². The van der Waals surface area contributed by atoms with E-state index >= 15 is 0 Å². The third-order valence-corrected chi connectivity index (χ3v) is 2.99. The molecule has 1 fully saturated rings. The van der Waals surface area contributed by atoms with Crippen molar-refractivity contribution in [2.75, 3.05) is 17.7 Å². The molecule has 1 heterocycles. The summed E-state index contributed by atoms with van der Waals surface area (Å²) in [5.74, 6) is -0.959. The first-order chi connectivity index (χ1) is 8.08. The highest BCUT2D eigenvalue weighted by Gasteiger charge is 2.25. The number of hydrogen-bond acceptors (Lipinski definition) is 4. The lowest BCUT2D eigenvalue weighted by Crippen LogP contribution is -2.27. The molecular weight excluding hydrogens is 220 g/mol. The number of aromatic carboxylic acids is 1. The summed E-state index contributed by atoms with van der Waals surface area (Å²) in [6, 6.07) is 4.88. The minimum absolute atomic E-state index is 0.0816. The molecule has 0 saturated carbocycles. The number of ether oxygens (including phenoxy) is 1. The van der Waals surface area contributed by atoms with Gasteiger partial charge in [-0.1, -0.05) is 0 Å². The van der Waals surface area contributed by atoms with Gasteiger partial charge in [0, 0.05) is 12.3 Å². The first-order valence-electron chi connectivity index (χ1n) is 5.59. The molecule has 17 heavy (non-hydrogen) atoms. The summed E-state index contributed by atoms with van der Waals surface area (Å²) >= 11 is 0. The lowest BCUT2D eigenvalue weighted by Gasteiger charge is -2.19. The minimum atomic E-state index is -0.959. The van der Waals surface area contributed by atoms with E-state index in [1.165, 1.54) is 6.07 Å². The van der Waals surface area contributed by atoms with Gasteiger partial charge < -0.3 is 20.9 Å². The molecule has 0 radical (unpaired) electrons. The van der Waals surface area contributed by atoms with Crippen molar-refractivity contribution in [1.29, 1.82) is 0 Å². The first kappa shape index (κ1) is 11.7. The van der Waals surface area contributed by atoms with Crippen LogP contribution >= 0.6 is 0 Å². The highest BCUT2D eigenvalue weighted by molar-refractivity contribution is 5.95. The second-order valence-electron chi connectivity index (χ2n) is 4.23. The van der Waals surface area contributed by atoms with E-state index in [2.05, 4.69) is 5.32 Å². The van der Waals surface area contributed by atoms with E-state index in [4.69, 9.17) is 15.6 Å². The van der Waals surface area contributed by atoms with Crippen molar-refractivity contribution in [2.45, 2.75) is 25.5 Å². The molecule has 0 amide bonds. The molecule has 0 aromatic heterocycles. The first-order valence-corrected chi connectivity index (χ1v) is 5.59. The van der Waals surface area contributed by atoms with Crippen LogP contribution in [0.1, 0.15) is 23.7 Å². The number of nitrogens with two attached hydrogens (primary N) is 1. The van der Waals surface area contributed by atoms with Crippen LogP contribution in [0.3, 0.4) is 0 Å². The fourth-order valence-electron chi connectivity index (χ4n) is 1.99. The summed E-state index contributed by atoms with van der Waals surface area (Å²) in [5, 5.41) is 12.3. The van der Waals surface area contributed by atoms with E-state index < -0.39 is 5.97 Å². The Morgan fingerprint density at radius 2 is 2.35 bits per heavy atom. The number of carboxylic acid groups (broad SMARTS) is 1. The van der Waals surface area contributed by atoms with Gasteiger partial charge in [-0.05, 0) is 31.5 Å². The van der Waals surface area contributed by atoms with Gasteiger partial charge in [-0.2, -0.15) is 0 Å². The number of hydrogen-bond donors (Lipinski definition) is 3. The number of benzene rings is 1. The van der Waals surface area contributed by atoms with Crippen molar-refractivity contribution in [2.24, 2.45) is 0 Å². The minimum Gasteiger partial charge on any atom is -0.478 e. The lowest BCUT2D eigenvalue weighted by molar-refractivity contribution is 0.0697. The van der Waals surface area contributed by atoms with Crippen LogP contribution in [0, 0.1) is 0 Å². The van der Waals surface area contributed by atoms with Gasteiger partial charge in [0.15, 0.2) is 0 Å². The Labute approximate surface area is 99.6 Å². The number of rotatable bonds is 3. The van der Waals surface area contributed by atoms with Crippen molar-refractivity contribution in [1.82, 2.24) is 0 Å². The largest absolute Gasteiger partial charge is 0.478 e. The van der Waals surface area contributed by atoms with Crippen molar-refractivity contribution in [3.63, 3.8) is 0 Å².